The molecule has 0 saturated carbocycles. The predicted molar refractivity (Wildman–Crippen MR) is 146 cm³/mol. The van der Waals surface area contributed by atoms with Crippen molar-refractivity contribution in [2.75, 3.05) is 20.2 Å². The number of carbonyl (C=O) groups is 1. The van der Waals surface area contributed by atoms with E-state index in [2.05, 4.69) is 19.9 Å². The summed E-state index contributed by atoms with van der Waals surface area (Å²) in [5.74, 6) is 0.845. The molecule has 0 unspecified atom stereocenters. The van der Waals surface area contributed by atoms with Crippen molar-refractivity contribution in [1.82, 2.24) is 19.4 Å². The molecule has 8 heteroatoms. The first kappa shape index (κ1) is 25.7. The maximum atomic E-state index is 12.7. The molecular formula is C30H34N4O4. The van der Waals surface area contributed by atoms with E-state index >= 15 is 0 Å². The van der Waals surface area contributed by atoms with E-state index in [0.29, 0.717) is 18.3 Å². The molecule has 4 heterocycles. The molecule has 8 nitrogen and oxygen atoms in total. The Bertz CT molecular complexity index is 1460. The highest BCUT2D eigenvalue weighted by molar-refractivity contribution is 5.85. The maximum Gasteiger partial charge on any atom is 0.410 e. The number of methoxy groups -OCH3 is 1. The van der Waals surface area contributed by atoms with Gasteiger partial charge in [-0.15, -0.1) is 0 Å². The lowest BCUT2D eigenvalue weighted by Crippen LogP contribution is -2.30. The highest BCUT2D eigenvalue weighted by Crippen LogP contribution is 2.35. The Hall–Kier alpha value is -3.91. The second kappa shape index (κ2) is 10.5. The van der Waals surface area contributed by atoms with Crippen LogP contribution < -0.4 is 4.74 Å². The van der Waals surface area contributed by atoms with Crippen molar-refractivity contribution in [3.05, 3.63) is 77.1 Å². The molecule has 5 rings (SSSR count). The molecule has 0 bridgehead atoms. The minimum Gasteiger partial charge on any atom is -0.480 e. The number of nitrogens with zero attached hydrogens (tertiary/aromatic N) is 4. The molecular weight excluding hydrogens is 480 g/mol. The fourth-order valence-corrected chi connectivity index (χ4v) is 5.09. The third kappa shape index (κ3) is 4.84. The summed E-state index contributed by atoms with van der Waals surface area (Å²) in [6, 6.07) is 15.4. The van der Waals surface area contributed by atoms with Crippen LogP contribution in [0.2, 0.25) is 0 Å². The van der Waals surface area contributed by atoms with Crippen LogP contribution in [0.5, 0.6) is 5.88 Å². The lowest BCUT2D eigenvalue weighted by molar-refractivity contribution is 0.0968. The molecule has 4 aromatic rings. The van der Waals surface area contributed by atoms with Crippen molar-refractivity contribution >= 4 is 17.1 Å². The number of β-amino-alcohol motifs (C(OH)–C–C–N with tert-alkyl or cyclic N) is 1. The van der Waals surface area contributed by atoms with Gasteiger partial charge in [-0.2, -0.15) is 0 Å². The number of pyridine rings is 2. The van der Waals surface area contributed by atoms with Crippen molar-refractivity contribution in [3.8, 4) is 17.1 Å². The van der Waals surface area contributed by atoms with Gasteiger partial charge in [0, 0.05) is 18.4 Å². The second-order valence-electron chi connectivity index (χ2n) is 10.3. The summed E-state index contributed by atoms with van der Waals surface area (Å²) >= 11 is 0. The van der Waals surface area contributed by atoms with Crippen LogP contribution in [-0.2, 0) is 11.3 Å². The number of ether oxygens (including phenoxy) is 2. The van der Waals surface area contributed by atoms with E-state index in [0.717, 1.165) is 44.7 Å². The van der Waals surface area contributed by atoms with E-state index in [1.54, 1.807) is 12.0 Å². The van der Waals surface area contributed by atoms with E-state index in [-0.39, 0.29) is 19.2 Å². The standard InChI is InChI=1S/C30H34N4O4/c1-18(2)23-12-11-22(29(31-23)37-5)27-19(3)13-24-28(32-27)20(4)14-34(24)25-15-33(16-26(25)35)30(36)38-17-21-9-7-6-8-10-21/h6-14,18,25-26,35H,15-17H2,1-5H3/t25-,26+/m1/s1. The van der Waals surface area contributed by atoms with Crippen LogP contribution in [0.1, 0.15) is 48.2 Å². The van der Waals surface area contributed by atoms with E-state index in [9.17, 15) is 9.90 Å². The molecule has 3 aromatic heterocycles. The lowest BCUT2D eigenvalue weighted by atomic mass is 10.0. The number of aromatic nitrogens is 3. The average Bonchev–Trinajstić information content (AvgIpc) is 3.45. The number of carbonyl (C=O) groups excluding carboxylic acids is 1. The monoisotopic (exact) mass is 514 g/mol. The fraction of sp³-hybridized carbons (Fsp3) is 0.367. The summed E-state index contributed by atoms with van der Waals surface area (Å²) in [5.41, 5.74) is 7.27. The van der Waals surface area contributed by atoms with Crippen LogP contribution in [0.15, 0.2) is 54.7 Å². The van der Waals surface area contributed by atoms with Crippen LogP contribution in [0.4, 0.5) is 4.79 Å². The van der Waals surface area contributed by atoms with Crippen molar-refractivity contribution in [1.29, 1.82) is 0 Å². The van der Waals surface area contributed by atoms with Crippen LogP contribution in [0, 0.1) is 13.8 Å². The summed E-state index contributed by atoms with van der Waals surface area (Å²) in [6.07, 6.45) is 0.858. The Morgan fingerprint density at radius 1 is 1.08 bits per heavy atom. The number of amides is 1. The number of benzene rings is 1. The van der Waals surface area contributed by atoms with Crippen molar-refractivity contribution in [3.63, 3.8) is 0 Å². The number of likely N-dealkylation sites (tertiary alicyclic amines) is 1. The molecule has 1 fully saturated rings. The molecule has 0 aliphatic carbocycles. The van der Waals surface area contributed by atoms with Gasteiger partial charge < -0.3 is 24.0 Å². The maximum absolute atomic E-state index is 12.7. The van der Waals surface area contributed by atoms with Gasteiger partial charge in [0.15, 0.2) is 0 Å². The van der Waals surface area contributed by atoms with E-state index in [1.165, 1.54) is 0 Å². The molecule has 198 valence electrons. The van der Waals surface area contributed by atoms with Crippen molar-refractivity contribution in [2.24, 2.45) is 0 Å². The van der Waals surface area contributed by atoms with Gasteiger partial charge in [0.1, 0.15) is 6.61 Å². The first-order valence-electron chi connectivity index (χ1n) is 12.9. The number of hydrogen-bond donors (Lipinski definition) is 1. The van der Waals surface area contributed by atoms with Gasteiger partial charge in [-0.3, -0.25) is 0 Å². The van der Waals surface area contributed by atoms with E-state index < -0.39 is 12.2 Å². The summed E-state index contributed by atoms with van der Waals surface area (Å²) in [7, 11) is 1.63. The smallest absolute Gasteiger partial charge is 0.410 e. The largest absolute Gasteiger partial charge is 0.480 e. The molecule has 1 saturated heterocycles. The highest BCUT2D eigenvalue weighted by atomic mass is 16.6. The Balaban J connectivity index is 1.42. The Labute approximate surface area is 222 Å². The van der Waals surface area contributed by atoms with Gasteiger partial charge in [-0.25, -0.2) is 14.8 Å². The molecule has 0 spiro atoms. The number of aliphatic hydroxyl groups is 1. The number of aliphatic hydroxyl groups excluding tert-OH is 1. The highest BCUT2D eigenvalue weighted by Gasteiger charge is 2.37. The fourth-order valence-electron chi connectivity index (χ4n) is 5.09. The van der Waals surface area contributed by atoms with Gasteiger partial charge in [0.2, 0.25) is 5.88 Å². The molecule has 38 heavy (non-hydrogen) atoms. The Morgan fingerprint density at radius 3 is 2.55 bits per heavy atom. The molecule has 1 aromatic carbocycles. The van der Waals surface area contributed by atoms with E-state index in [1.807, 2.05) is 67.1 Å². The second-order valence-corrected chi connectivity index (χ2v) is 10.3. The molecule has 1 N–H and O–H groups in total. The zero-order valence-electron chi connectivity index (χ0n) is 22.5. The lowest BCUT2D eigenvalue weighted by Gasteiger charge is -2.18. The van der Waals surface area contributed by atoms with Crippen LogP contribution in [-0.4, -0.2) is 56.9 Å². The zero-order chi connectivity index (χ0) is 27.0. The predicted octanol–water partition coefficient (Wildman–Crippen LogP) is 5.40. The summed E-state index contributed by atoms with van der Waals surface area (Å²) in [4.78, 5) is 24.0. The minimum atomic E-state index is -0.720. The Kier molecular flexibility index (Phi) is 7.08. The quantitative estimate of drug-likeness (QED) is 0.371. The Morgan fingerprint density at radius 2 is 1.84 bits per heavy atom. The van der Waals surface area contributed by atoms with Gasteiger partial charge in [-0.05, 0) is 54.7 Å². The van der Waals surface area contributed by atoms with Gasteiger partial charge in [-0.1, -0.05) is 44.2 Å². The third-order valence-corrected chi connectivity index (χ3v) is 7.18. The van der Waals surface area contributed by atoms with Crippen LogP contribution in [0.25, 0.3) is 22.3 Å². The third-order valence-electron chi connectivity index (χ3n) is 7.18. The molecule has 1 amide bonds. The molecule has 1 aliphatic heterocycles. The molecule has 2 atom stereocenters. The zero-order valence-corrected chi connectivity index (χ0v) is 22.5. The number of fused-ring (bicyclic) bond motifs is 1. The van der Waals surface area contributed by atoms with Crippen molar-refractivity contribution in [2.45, 2.75) is 52.4 Å². The first-order chi connectivity index (χ1) is 18.3. The summed E-state index contributed by atoms with van der Waals surface area (Å²) in [5, 5.41) is 10.9. The number of rotatable bonds is 6. The molecule has 0 radical (unpaired) electrons. The normalized spacial score (nSPS) is 17.4. The van der Waals surface area contributed by atoms with Gasteiger partial charge >= 0.3 is 6.09 Å². The minimum absolute atomic E-state index is 0.199. The summed E-state index contributed by atoms with van der Waals surface area (Å²) < 4.78 is 13.2. The number of aryl methyl sites for hydroxylation is 2. The van der Waals surface area contributed by atoms with Crippen LogP contribution >= 0.6 is 0 Å². The van der Waals surface area contributed by atoms with E-state index in [4.69, 9.17) is 19.4 Å². The number of hydrogen-bond acceptors (Lipinski definition) is 6. The van der Waals surface area contributed by atoms with Crippen LogP contribution in [0.3, 0.4) is 0 Å². The topological polar surface area (TPSA) is 89.7 Å². The average molecular weight is 515 g/mol. The molecule has 1 aliphatic rings. The van der Waals surface area contributed by atoms with Crippen molar-refractivity contribution < 1.29 is 19.4 Å². The first-order valence-corrected chi connectivity index (χ1v) is 12.9. The summed E-state index contributed by atoms with van der Waals surface area (Å²) in [6.45, 7) is 9.00. The SMILES string of the molecule is COc1nc(C(C)C)ccc1-c1nc2c(C)cn([C@@H]3CN(C(=O)OCc4ccccc4)C[C@@H]3O)c2cc1C. The van der Waals surface area contributed by atoms with Gasteiger partial charge in [0.05, 0.1) is 48.1 Å². The van der Waals surface area contributed by atoms with Gasteiger partial charge in [0.25, 0.3) is 0 Å².